The zero-order valence-electron chi connectivity index (χ0n) is 20.0. The van der Waals surface area contributed by atoms with Crippen LogP contribution >= 0.6 is 11.6 Å². The molecular formula is C27H28ClN3O4S. The molecule has 3 aromatic carbocycles. The van der Waals surface area contributed by atoms with E-state index in [1.54, 1.807) is 19.2 Å². The molecule has 1 heterocycles. The van der Waals surface area contributed by atoms with Gasteiger partial charge in [0.25, 0.3) is 0 Å². The molecule has 0 amide bonds. The van der Waals surface area contributed by atoms with Crippen molar-refractivity contribution >= 4 is 21.6 Å². The van der Waals surface area contributed by atoms with Crippen molar-refractivity contribution in [1.29, 1.82) is 5.26 Å². The second-order valence-electron chi connectivity index (χ2n) is 8.55. The molecule has 4 rings (SSSR count). The molecule has 0 radical (unpaired) electrons. The van der Waals surface area contributed by atoms with E-state index in [0.717, 1.165) is 16.9 Å². The first-order chi connectivity index (χ1) is 17.4. The minimum atomic E-state index is -3.66. The van der Waals surface area contributed by atoms with E-state index in [-0.39, 0.29) is 11.0 Å². The Kier molecular flexibility index (Phi) is 8.62. The SMILES string of the molecule is COc1cccc([C@@H](CN2CCN(S(=O)(=O)c3cccc(C#N)c3)CC2)OCc2cccc(Cl)c2)c1. The van der Waals surface area contributed by atoms with Gasteiger partial charge in [0.1, 0.15) is 5.75 Å². The summed E-state index contributed by atoms with van der Waals surface area (Å²) in [6, 6.07) is 23.5. The number of ether oxygens (including phenoxy) is 2. The van der Waals surface area contributed by atoms with Gasteiger partial charge < -0.3 is 9.47 Å². The molecule has 0 unspecified atom stereocenters. The van der Waals surface area contributed by atoms with Gasteiger partial charge in [-0.25, -0.2) is 8.42 Å². The fourth-order valence-corrected chi connectivity index (χ4v) is 5.86. The highest BCUT2D eigenvalue weighted by Crippen LogP contribution is 2.26. The molecule has 9 heteroatoms. The molecule has 1 atom stereocenters. The monoisotopic (exact) mass is 525 g/mol. The molecular weight excluding hydrogens is 498 g/mol. The number of hydrogen-bond acceptors (Lipinski definition) is 6. The van der Waals surface area contributed by atoms with Crippen LogP contribution in [0.25, 0.3) is 0 Å². The average molecular weight is 526 g/mol. The Bertz CT molecular complexity index is 1330. The van der Waals surface area contributed by atoms with Crippen molar-refractivity contribution in [3.05, 3.63) is 94.5 Å². The third-order valence-electron chi connectivity index (χ3n) is 6.16. The van der Waals surface area contributed by atoms with Crippen molar-refractivity contribution in [2.75, 3.05) is 39.8 Å². The van der Waals surface area contributed by atoms with Crippen LogP contribution in [-0.4, -0.2) is 57.5 Å². The van der Waals surface area contributed by atoms with Gasteiger partial charge in [0.15, 0.2) is 0 Å². The van der Waals surface area contributed by atoms with Crippen molar-refractivity contribution < 1.29 is 17.9 Å². The lowest BCUT2D eigenvalue weighted by molar-refractivity contribution is 0.00763. The number of hydrogen-bond donors (Lipinski definition) is 0. The largest absolute Gasteiger partial charge is 0.497 e. The van der Waals surface area contributed by atoms with Crippen molar-refractivity contribution in [2.24, 2.45) is 0 Å². The van der Waals surface area contributed by atoms with E-state index >= 15 is 0 Å². The number of methoxy groups -OCH3 is 1. The van der Waals surface area contributed by atoms with Gasteiger partial charge in [0.05, 0.1) is 36.3 Å². The van der Waals surface area contributed by atoms with Crippen LogP contribution in [0, 0.1) is 11.3 Å². The van der Waals surface area contributed by atoms with E-state index < -0.39 is 10.0 Å². The summed E-state index contributed by atoms with van der Waals surface area (Å²) < 4.78 is 39.4. The topological polar surface area (TPSA) is 82.9 Å². The summed E-state index contributed by atoms with van der Waals surface area (Å²) in [5.41, 5.74) is 2.29. The van der Waals surface area contributed by atoms with E-state index in [4.69, 9.17) is 26.3 Å². The maximum atomic E-state index is 13.1. The molecule has 1 saturated heterocycles. The molecule has 0 saturated carbocycles. The smallest absolute Gasteiger partial charge is 0.243 e. The summed E-state index contributed by atoms with van der Waals surface area (Å²) >= 11 is 6.13. The third-order valence-corrected chi connectivity index (χ3v) is 8.29. The van der Waals surface area contributed by atoms with Gasteiger partial charge in [-0.05, 0) is 53.6 Å². The first-order valence-corrected chi connectivity index (χ1v) is 13.4. The van der Waals surface area contributed by atoms with Gasteiger partial charge >= 0.3 is 0 Å². The maximum Gasteiger partial charge on any atom is 0.243 e. The molecule has 1 fully saturated rings. The van der Waals surface area contributed by atoms with Crippen LogP contribution < -0.4 is 4.74 Å². The van der Waals surface area contributed by atoms with Crippen LogP contribution in [0.1, 0.15) is 22.8 Å². The van der Waals surface area contributed by atoms with Crippen molar-refractivity contribution in [3.8, 4) is 11.8 Å². The Balaban J connectivity index is 1.44. The normalized spacial score (nSPS) is 15.8. The molecule has 1 aliphatic heterocycles. The highest BCUT2D eigenvalue weighted by Gasteiger charge is 2.30. The van der Waals surface area contributed by atoms with Crippen LogP contribution in [0.4, 0.5) is 0 Å². The van der Waals surface area contributed by atoms with E-state index in [0.29, 0.717) is 49.9 Å². The summed E-state index contributed by atoms with van der Waals surface area (Å²) in [7, 11) is -2.03. The number of sulfonamides is 1. The third kappa shape index (κ3) is 6.44. The molecule has 1 aliphatic rings. The van der Waals surface area contributed by atoms with Crippen molar-refractivity contribution in [2.45, 2.75) is 17.6 Å². The second-order valence-corrected chi connectivity index (χ2v) is 10.9. The minimum absolute atomic E-state index is 0.147. The van der Waals surface area contributed by atoms with E-state index in [9.17, 15) is 8.42 Å². The van der Waals surface area contributed by atoms with Gasteiger partial charge in [-0.15, -0.1) is 0 Å². The Morgan fingerprint density at radius 3 is 2.47 bits per heavy atom. The van der Waals surface area contributed by atoms with Gasteiger partial charge in [-0.1, -0.05) is 41.9 Å². The number of benzene rings is 3. The van der Waals surface area contributed by atoms with Gasteiger partial charge in [0.2, 0.25) is 10.0 Å². The molecule has 0 aliphatic carbocycles. The Hall–Kier alpha value is -2.93. The first kappa shape index (κ1) is 26.1. The van der Waals surface area contributed by atoms with Crippen LogP contribution in [0.5, 0.6) is 5.75 Å². The van der Waals surface area contributed by atoms with Crippen LogP contribution in [0.3, 0.4) is 0 Å². The van der Waals surface area contributed by atoms with Crippen molar-refractivity contribution in [3.63, 3.8) is 0 Å². The fraction of sp³-hybridized carbons (Fsp3) is 0.296. The number of nitriles is 1. The zero-order chi connectivity index (χ0) is 25.5. The summed E-state index contributed by atoms with van der Waals surface area (Å²) in [4.78, 5) is 2.36. The number of halogens is 1. The van der Waals surface area contributed by atoms with E-state index in [1.807, 2.05) is 54.6 Å². The molecule has 0 aromatic heterocycles. The highest BCUT2D eigenvalue weighted by atomic mass is 35.5. The number of piperazine rings is 1. The van der Waals surface area contributed by atoms with Crippen LogP contribution in [0.15, 0.2) is 77.7 Å². The maximum absolute atomic E-state index is 13.1. The fourth-order valence-electron chi connectivity index (χ4n) is 4.18. The minimum Gasteiger partial charge on any atom is -0.497 e. The first-order valence-electron chi connectivity index (χ1n) is 11.6. The second kappa shape index (κ2) is 11.9. The molecule has 0 N–H and O–H groups in total. The van der Waals surface area contributed by atoms with Crippen LogP contribution in [0.2, 0.25) is 5.02 Å². The summed E-state index contributed by atoms with van der Waals surface area (Å²) in [6.45, 7) is 2.85. The zero-order valence-corrected chi connectivity index (χ0v) is 21.6. The van der Waals surface area contributed by atoms with Gasteiger partial charge in [0, 0.05) is 37.7 Å². The van der Waals surface area contributed by atoms with Gasteiger partial charge in [-0.3, -0.25) is 4.90 Å². The quantitative estimate of drug-likeness (QED) is 0.409. The average Bonchev–Trinajstić information content (AvgIpc) is 2.91. The predicted molar refractivity (Wildman–Crippen MR) is 138 cm³/mol. The Labute approximate surface area is 217 Å². The van der Waals surface area contributed by atoms with Crippen molar-refractivity contribution in [1.82, 2.24) is 9.21 Å². The number of rotatable bonds is 9. The molecule has 36 heavy (non-hydrogen) atoms. The molecule has 188 valence electrons. The molecule has 0 spiro atoms. The van der Waals surface area contributed by atoms with Crippen LogP contribution in [-0.2, 0) is 21.4 Å². The molecule has 7 nitrogen and oxygen atoms in total. The lowest BCUT2D eigenvalue weighted by atomic mass is 10.1. The Morgan fingerprint density at radius 2 is 1.75 bits per heavy atom. The lowest BCUT2D eigenvalue weighted by Gasteiger charge is -2.36. The summed E-state index contributed by atoms with van der Waals surface area (Å²) in [5.74, 6) is 0.749. The number of nitrogens with zero attached hydrogens (tertiary/aromatic N) is 3. The summed E-state index contributed by atoms with van der Waals surface area (Å²) in [5, 5.41) is 9.78. The molecule has 3 aromatic rings. The Morgan fingerprint density at radius 1 is 1.00 bits per heavy atom. The predicted octanol–water partition coefficient (Wildman–Crippen LogP) is 4.48. The lowest BCUT2D eigenvalue weighted by Crippen LogP contribution is -2.49. The molecule has 0 bridgehead atoms. The summed E-state index contributed by atoms with van der Waals surface area (Å²) in [6.07, 6.45) is -0.241. The highest BCUT2D eigenvalue weighted by molar-refractivity contribution is 7.89. The standard InChI is InChI=1S/C27H28ClN3O4S/c1-34-25-9-4-7-23(17-25)27(35-20-22-6-2-8-24(28)15-22)19-30-11-13-31(14-12-30)36(32,33)26-10-3-5-21(16-26)18-29/h2-10,15-17,27H,11-14,19-20H2,1H3/t27-/m1/s1. The van der Waals surface area contributed by atoms with Gasteiger partial charge in [-0.2, -0.15) is 9.57 Å². The van der Waals surface area contributed by atoms with E-state index in [1.165, 1.54) is 16.4 Å². The van der Waals surface area contributed by atoms with E-state index in [2.05, 4.69) is 4.90 Å².